The molecule has 3 rings (SSSR count). The molecule has 30 heavy (non-hydrogen) atoms. The summed E-state index contributed by atoms with van der Waals surface area (Å²) in [5, 5.41) is 5.47. The number of benzene rings is 2. The SMILES string of the molecule is CC(C)(C)OC(=O)N[C@H]1Cc2ccccc2CN(CC(=O)Nc2ccccc2)C1=O. The van der Waals surface area contributed by atoms with E-state index in [1.807, 2.05) is 42.5 Å². The van der Waals surface area contributed by atoms with Gasteiger partial charge < -0.3 is 20.3 Å². The lowest BCUT2D eigenvalue weighted by atomic mass is 10.0. The average molecular weight is 409 g/mol. The molecule has 0 saturated heterocycles. The molecule has 0 spiro atoms. The van der Waals surface area contributed by atoms with E-state index in [0.717, 1.165) is 11.1 Å². The zero-order chi connectivity index (χ0) is 21.7. The number of nitrogens with zero attached hydrogens (tertiary/aromatic N) is 1. The van der Waals surface area contributed by atoms with Crippen LogP contribution in [0.25, 0.3) is 0 Å². The summed E-state index contributed by atoms with van der Waals surface area (Å²) in [6, 6.07) is 15.9. The van der Waals surface area contributed by atoms with Crippen LogP contribution in [0, 0.1) is 0 Å². The van der Waals surface area contributed by atoms with Crippen LogP contribution in [-0.2, 0) is 27.3 Å². The standard InChI is InChI=1S/C23H27N3O4/c1-23(2,3)30-22(29)25-19-13-16-9-7-8-10-17(16)14-26(21(19)28)15-20(27)24-18-11-5-4-6-12-18/h4-12,19H,13-15H2,1-3H3,(H,24,27)(H,25,29)/t19-/m0/s1. The highest BCUT2D eigenvalue weighted by molar-refractivity contribution is 5.96. The maximum atomic E-state index is 13.2. The molecule has 2 N–H and O–H groups in total. The summed E-state index contributed by atoms with van der Waals surface area (Å²) in [7, 11) is 0. The first kappa shape index (κ1) is 21.4. The lowest BCUT2D eigenvalue weighted by Crippen LogP contribution is -2.50. The Balaban J connectivity index is 1.77. The molecule has 3 amide bonds. The highest BCUT2D eigenvalue weighted by Crippen LogP contribution is 2.20. The quantitative estimate of drug-likeness (QED) is 0.812. The van der Waals surface area contributed by atoms with Crippen molar-refractivity contribution in [1.82, 2.24) is 10.2 Å². The minimum atomic E-state index is -0.812. The van der Waals surface area contributed by atoms with Gasteiger partial charge in [0.05, 0.1) is 0 Å². The van der Waals surface area contributed by atoms with Crippen LogP contribution in [0.5, 0.6) is 0 Å². The predicted octanol–water partition coefficient (Wildman–Crippen LogP) is 3.10. The third-order valence-corrected chi connectivity index (χ3v) is 4.60. The summed E-state index contributed by atoms with van der Waals surface area (Å²) in [5.41, 5.74) is 1.89. The number of carbonyl (C=O) groups is 3. The van der Waals surface area contributed by atoms with Crippen LogP contribution in [0.2, 0.25) is 0 Å². The highest BCUT2D eigenvalue weighted by Gasteiger charge is 2.32. The van der Waals surface area contributed by atoms with E-state index in [0.29, 0.717) is 18.7 Å². The second-order valence-electron chi connectivity index (χ2n) is 8.28. The van der Waals surface area contributed by atoms with Crippen molar-refractivity contribution in [3.05, 3.63) is 65.7 Å². The minimum Gasteiger partial charge on any atom is -0.444 e. The van der Waals surface area contributed by atoms with Gasteiger partial charge in [-0.3, -0.25) is 9.59 Å². The summed E-state index contributed by atoms with van der Waals surface area (Å²) >= 11 is 0. The molecule has 0 aromatic heterocycles. The molecular formula is C23H27N3O4. The summed E-state index contributed by atoms with van der Waals surface area (Å²) in [5.74, 6) is -0.620. The summed E-state index contributed by atoms with van der Waals surface area (Å²) < 4.78 is 5.31. The second kappa shape index (κ2) is 8.98. The molecule has 1 atom stereocenters. The molecule has 1 heterocycles. The molecule has 7 nitrogen and oxygen atoms in total. The first-order chi connectivity index (χ1) is 14.2. The van der Waals surface area contributed by atoms with Crippen molar-refractivity contribution >= 4 is 23.6 Å². The zero-order valence-corrected chi connectivity index (χ0v) is 17.5. The van der Waals surface area contributed by atoms with Crippen molar-refractivity contribution in [2.75, 3.05) is 11.9 Å². The maximum absolute atomic E-state index is 13.2. The maximum Gasteiger partial charge on any atom is 0.408 e. The van der Waals surface area contributed by atoms with Gasteiger partial charge in [0, 0.05) is 18.7 Å². The lowest BCUT2D eigenvalue weighted by Gasteiger charge is -2.26. The smallest absolute Gasteiger partial charge is 0.408 e. The Kier molecular flexibility index (Phi) is 6.40. The van der Waals surface area contributed by atoms with Gasteiger partial charge >= 0.3 is 6.09 Å². The van der Waals surface area contributed by atoms with E-state index < -0.39 is 17.7 Å². The molecule has 7 heteroatoms. The van der Waals surface area contributed by atoms with E-state index in [-0.39, 0.29) is 18.4 Å². The molecule has 1 aliphatic rings. The van der Waals surface area contributed by atoms with Crippen LogP contribution >= 0.6 is 0 Å². The summed E-state index contributed by atoms with van der Waals surface area (Å²) in [4.78, 5) is 39.5. The molecule has 0 unspecified atom stereocenters. The van der Waals surface area contributed by atoms with Gasteiger partial charge in [-0.25, -0.2) is 4.79 Å². The molecule has 0 bridgehead atoms. The van der Waals surface area contributed by atoms with Crippen molar-refractivity contribution in [2.24, 2.45) is 0 Å². The Bertz CT molecular complexity index is 922. The number of carbonyl (C=O) groups excluding carboxylic acids is 3. The summed E-state index contributed by atoms with van der Waals surface area (Å²) in [6.45, 7) is 5.46. The van der Waals surface area contributed by atoms with Gasteiger partial charge in [0.25, 0.3) is 0 Å². The Morgan fingerprint density at radius 1 is 1.03 bits per heavy atom. The summed E-state index contributed by atoms with van der Waals surface area (Å²) in [6.07, 6.45) is -0.320. The van der Waals surface area contributed by atoms with Gasteiger partial charge in [-0.2, -0.15) is 0 Å². The fourth-order valence-corrected chi connectivity index (χ4v) is 3.31. The van der Waals surface area contributed by atoms with Crippen molar-refractivity contribution < 1.29 is 19.1 Å². The van der Waals surface area contributed by atoms with Crippen molar-refractivity contribution in [1.29, 1.82) is 0 Å². The van der Waals surface area contributed by atoms with Gasteiger partial charge in [-0.05, 0) is 44.0 Å². The molecule has 2 aromatic carbocycles. The van der Waals surface area contributed by atoms with E-state index in [4.69, 9.17) is 4.74 Å². The predicted molar refractivity (Wildman–Crippen MR) is 114 cm³/mol. The molecule has 1 aliphatic heterocycles. The van der Waals surface area contributed by atoms with Crippen molar-refractivity contribution in [3.63, 3.8) is 0 Å². The Hall–Kier alpha value is -3.35. The molecule has 0 aliphatic carbocycles. The number of anilines is 1. The number of para-hydroxylation sites is 1. The van der Waals surface area contributed by atoms with Crippen molar-refractivity contribution in [3.8, 4) is 0 Å². The number of ether oxygens (including phenoxy) is 1. The van der Waals surface area contributed by atoms with Crippen LogP contribution in [0.1, 0.15) is 31.9 Å². The number of hydrogen-bond donors (Lipinski definition) is 2. The number of nitrogens with one attached hydrogen (secondary N) is 2. The molecular weight excluding hydrogens is 382 g/mol. The van der Waals surface area contributed by atoms with Gasteiger partial charge in [-0.15, -0.1) is 0 Å². The third-order valence-electron chi connectivity index (χ3n) is 4.60. The number of amides is 3. The number of fused-ring (bicyclic) bond motifs is 1. The van der Waals surface area contributed by atoms with Gasteiger partial charge in [-0.1, -0.05) is 42.5 Å². The number of hydrogen-bond acceptors (Lipinski definition) is 4. The number of alkyl carbamates (subject to hydrolysis) is 1. The fourth-order valence-electron chi connectivity index (χ4n) is 3.31. The topological polar surface area (TPSA) is 87.7 Å². The molecule has 0 saturated carbocycles. The van der Waals surface area contributed by atoms with Crippen LogP contribution < -0.4 is 10.6 Å². The van der Waals surface area contributed by atoms with Crippen LogP contribution in [0.3, 0.4) is 0 Å². The normalized spacial score (nSPS) is 16.3. The van der Waals surface area contributed by atoms with Crippen LogP contribution in [-0.4, -0.2) is 41.0 Å². The minimum absolute atomic E-state index is 0.117. The lowest BCUT2D eigenvalue weighted by molar-refractivity contribution is -0.136. The third kappa shape index (κ3) is 5.83. The molecule has 158 valence electrons. The van der Waals surface area contributed by atoms with E-state index in [1.54, 1.807) is 32.9 Å². The van der Waals surface area contributed by atoms with E-state index in [9.17, 15) is 14.4 Å². The Labute approximate surface area is 176 Å². The van der Waals surface area contributed by atoms with Crippen molar-refractivity contribution in [2.45, 2.75) is 45.4 Å². The fraction of sp³-hybridized carbons (Fsp3) is 0.348. The van der Waals surface area contributed by atoms with Crippen LogP contribution in [0.15, 0.2) is 54.6 Å². The Morgan fingerprint density at radius 3 is 2.33 bits per heavy atom. The highest BCUT2D eigenvalue weighted by atomic mass is 16.6. The van der Waals surface area contributed by atoms with E-state index in [1.165, 1.54) is 4.90 Å². The molecule has 0 fully saturated rings. The number of rotatable bonds is 4. The largest absolute Gasteiger partial charge is 0.444 e. The second-order valence-corrected chi connectivity index (χ2v) is 8.28. The monoisotopic (exact) mass is 409 g/mol. The molecule has 2 aromatic rings. The van der Waals surface area contributed by atoms with Crippen LogP contribution in [0.4, 0.5) is 10.5 Å². The zero-order valence-electron chi connectivity index (χ0n) is 17.5. The van der Waals surface area contributed by atoms with Gasteiger partial charge in [0.1, 0.15) is 18.2 Å². The average Bonchev–Trinajstić information content (AvgIpc) is 2.78. The Morgan fingerprint density at radius 2 is 1.67 bits per heavy atom. The van der Waals surface area contributed by atoms with E-state index in [2.05, 4.69) is 10.6 Å². The van der Waals surface area contributed by atoms with Gasteiger partial charge in [0.15, 0.2) is 0 Å². The molecule has 0 radical (unpaired) electrons. The van der Waals surface area contributed by atoms with E-state index >= 15 is 0 Å². The first-order valence-electron chi connectivity index (χ1n) is 9.91. The van der Waals surface area contributed by atoms with Gasteiger partial charge in [0.2, 0.25) is 11.8 Å². The first-order valence-corrected chi connectivity index (χ1v) is 9.91.